The van der Waals surface area contributed by atoms with E-state index in [-0.39, 0.29) is 90.1 Å². The topological polar surface area (TPSA) is 236 Å². The molecule has 1 aromatic rings. The van der Waals surface area contributed by atoms with Gasteiger partial charge in [0.25, 0.3) is 0 Å². The number of hydrogen-bond donors (Lipinski definition) is 3. The number of rotatable bonds is 15. The van der Waals surface area contributed by atoms with Crippen LogP contribution in [0.3, 0.4) is 0 Å². The molecule has 0 spiro atoms. The number of benzene rings is 1. The smallest absolute Gasteiger partial charge is 0.340 e. The maximum absolute atomic E-state index is 13.3. The number of hydrogen-bond acceptors (Lipinski definition) is 15. The normalized spacial score (nSPS) is 11.0. The van der Waals surface area contributed by atoms with Gasteiger partial charge in [-0.05, 0) is 127 Å². The van der Waals surface area contributed by atoms with E-state index < -0.39 is 35.8 Å². The van der Waals surface area contributed by atoms with Crippen LogP contribution in [0.15, 0.2) is 91.0 Å². The lowest BCUT2D eigenvalue weighted by atomic mass is 9.94. The Morgan fingerprint density at radius 3 is 0.594 bits per heavy atom. The van der Waals surface area contributed by atoms with Crippen molar-refractivity contribution < 1.29 is 57.2 Å². The number of anilines is 3. The molecule has 15 nitrogen and oxygen atoms in total. The Kier molecular flexibility index (Phi) is 14.5. The van der Waals surface area contributed by atoms with Gasteiger partial charge >= 0.3 is 35.8 Å². The zero-order valence-electron chi connectivity index (χ0n) is 39.0. The van der Waals surface area contributed by atoms with Crippen LogP contribution in [0.1, 0.15) is 104 Å². The number of ether oxygens (including phenoxy) is 6. The van der Waals surface area contributed by atoms with Crippen molar-refractivity contribution in [2.75, 3.05) is 56.8 Å². The van der Waals surface area contributed by atoms with Gasteiger partial charge in [0.1, 0.15) is 0 Å². The first kappa shape index (κ1) is 48.5. The number of nitrogens with two attached hydrogens (primary N) is 3. The summed E-state index contributed by atoms with van der Waals surface area (Å²) >= 11 is 0. The second kappa shape index (κ2) is 20.6. The summed E-state index contributed by atoms with van der Waals surface area (Å²) in [5, 5.41) is 0. The Hall–Kier alpha value is -8.46. The molecule has 0 aliphatic heterocycles. The van der Waals surface area contributed by atoms with Gasteiger partial charge in [-0.15, -0.1) is 0 Å². The van der Waals surface area contributed by atoms with Crippen molar-refractivity contribution in [1.29, 1.82) is 0 Å². The zero-order valence-corrected chi connectivity index (χ0v) is 39.0. The van der Waals surface area contributed by atoms with Gasteiger partial charge in [-0.3, -0.25) is 0 Å². The van der Waals surface area contributed by atoms with Crippen molar-refractivity contribution in [3.05, 3.63) is 124 Å². The Morgan fingerprint density at radius 2 is 0.449 bits per heavy atom. The first-order chi connectivity index (χ1) is 33.2. The molecule has 0 saturated carbocycles. The minimum Gasteiger partial charge on any atom is -0.462 e. The molecule has 1 aromatic carbocycles. The van der Waals surface area contributed by atoms with Crippen LogP contribution in [0.2, 0.25) is 0 Å². The molecule has 15 heteroatoms. The van der Waals surface area contributed by atoms with Gasteiger partial charge in [-0.25, -0.2) is 28.8 Å². The highest BCUT2D eigenvalue weighted by molar-refractivity contribution is 6.18. The first-order valence-corrected chi connectivity index (χ1v) is 22.5. The van der Waals surface area contributed by atoms with Gasteiger partial charge < -0.3 is 45.6 Å². The van der Waals surface area contributed by atoms with Gasteiger partial charge in [-0.1, -0.05) is 72.8 Å². The molecule has 354 valence electrons. The predicted octanol–water partition coefficient (Wildman–Crippen LogP) is 9.81. The summed E-state index contributed by atoms with van der Waals surface area (Å²) in [5.41, 5.74) is 25.7. The molecule has 0 atom stereocenters. The number of nitrogen functional groups attached to an aromatic ring is 3. The van der Waals surface area contributed by atoms with Crippen molar-refractivity contribution in [1.82, 2.24) is 0 Å². The largest absolute Gasteiger partial charge is 0.462 e. The standard InChI is InChI=1S/C54H51N3O12/c1-7-64-49(58)40-34-19-13-28(14-20-35(34)41(46(40)55)50(59)65-8-2)31-25-32(29-15-21-36-37(22-16-29)43(52(61)67-10-4)47(56)42(36)51(60)66-9-3)27-33(26-31)30-17-23-38-39(24-18-30)45(54(63)69-12-6)48(57)44(38)53(62)68-11-5/h13-27H,7-12,55-57H2,1-6H3. The van der Waals surface area contributed by atoms with Crippen LogP contribution in [0, 0.1) is 0 Å². The Bertz CT molecular complexity index is 2580. The SMILES string of the molecule is CCOC(=O)c1c2ccc(-c3cc(-c4ccc5c(C(=O)OCC)c(N)c(C(=O)OCC)c-5cc4)cc(-c4ccc5c(C(=O)OCC)c(N)c(C(=O)OCC)c-5cc4)c3)ccc-2c(C(=O)OCC)c1N. The van der Waals surface area contributed by atoms with Crippen molar-refractivity contribution in [2.24, 2.45) is 0 Å². The first-order valence-electron chi connectivity index (χ1n) is 22.5. The molecule has 0 bridgehead atoms. The summed E-state index contributed by atoms with van der Waals surface area (Å²) in [7, 11) is 0. The number of carbonyl (C=O) groups is 6. The van der Waals surface area contributed by atoms with E-state index in [1.807, 2.05) is 18.2 Å². The molecule has 0 aromatic heterocycles. The molecule has 7 rings (SSSR count). The van der Waals surface area contributed by atoms with Crippen LogP contribution in [0.25, 0.3) is 66.8 Å². The molecule has 0 unspecified atom stereocenters. The molecule has 0 saturated heterocycles. The van der Waals surface area contributed by atoms with Crippen molar-refractivity contribution in [2.45, 2.75) is 41.5 Å². The summed E-state index contributed by atoms with van der Waals surface area (Å²) in [6, 6.07) is 26.7. The Morgan fingerprint density at radius 1 is 0.290 bits per heavy atom. The molecule has 0 fully saturated rings. The minimum absolute atomic E-state index is 0.0351. The zero-order chi connectivity index (χ0) is 49.7. The Balaban J connectivity index is 1.51. The van der Waals surface area contributed by atoms with Crippen LogP contribution >= 0.6 is 0 Å². The molecule has 0 radical (unpaired) electrons. The van der Waals surface area contributed by atoms with Gasteiger partial charge in [0.05, 0.1) is 90.1 Å². The van der Waals surface area contributed by atoms with Crippen molar-refractivity contribution in [3.8, 4) is 66.8 Å². The number of fused-ring (bicyclic) bond motifs is 3. The van der Waals surface area contributed by atoms with E-state index in [4.69, 9.17) is 45.6 Å². The maximum Gasteiger partial charge on any atom is 0.340 e. The number of carbonyl (C=O) groups excluding carboxylic acids is 6. The highest BCUT2D eigenvalue weighted by Gasteiger charge is 2.34. The van der Waals surface area contributed by atoms with E-state index in [2.05, 4.69) is 0 Å². The van der Waals surface area contributed by atoms with Crippen molar-refractivity contribution >= 4 is 52.9 Å². The van der Waals surface area contributed by atoms with E-state index in [1.165, 1.54) is 0 Å². The van der Waals surface area contributed by atoms with Gasteiger partial charge in [0, 0.05) is 0 Å². The quantitative estimate of drug-likeness (QED) is 0.0641. The van der Waals surface area contributed by atoms with Gasteiger partial charge in [0.15, 0.2) is 0 Å². The maximum atomic E-state index is 13.3. The summed E-state index contributed by atoms with van der Waals surface area (Å²) in [6.07, 6.45) is 0. The second-order valence-corrected chi connectivity index (χ2v) is 15.5. The van der Waals surface area contributed by atoms with Crippen molar-refractivity contribution in [3.63, 3.8) is 0 Å². The summed E-state index contributed by atoms with van der Waals surface area (Å²) in [4.78, 5) is 80.1. The lowest BCUT2D eigenvalue weighted by molar-refractivity contribution is 0.0513. The third kappa shape index (κ3) is 9.06. The molecule has 0 heterocycles. The highest BCUT2D eigenvalue weighted by Crippen LogP contribution is 2.45. The molecule has 69 heavy (non-hydrogen) atoms. The lowest BCUT2D eigenvalue weighted by Gasteiger charge is -2.10. The third-order valence-corrected chi connectivity index (χ3v) is 11.5. The predicted molar refractivity (Wildman–Crippen MR) is 262 cm³/mol. The van der Waals surface area contributed by atoms with Crippen LogP contribution in [0.4, 0.5) is 17.1 Å². The number of esters is 6. The van der Waals surface area contributed by atoms with Crippen LogP contribution in [-0.2, 0) is 28.4 Å². The fourth-order valence-electron chi connectivity index (χ4n) is 8.54. The molecule has 6 aliphatic rings. The fourth-order valence-corrected chi connectivity index (χ4v) is 8.54. The van der Waals surface area contributed by atoms with E-state index in [0.29, 0.717) is 66.8 Å². The second-order valence-electron chi connectivity index (χ2n) is 15.5. The summed E-state index contributed by atoms with van der Waals surface area (Å²) in [5.74, 6) is -4.18. The summed E-state index contributed by atoms with van der Waals surface area (Å²) in [6.45, 7) is 10.5. The average Bonchev–Trinajstić information content (AvgIpc) is 3.58. The van der Waals surface area contributed by atoms with Crippen LogP contribution in [-0.4, -0.2) is 75.5 Å². The average molecular weight is 934 g/mol. The van der Waals surface area contributed by atoms with E-state index in [9.17, 15) is 28.8 Å². The van der Waals surface area contributed by atoms with Crippen LogP contribution < -0.4 is 17.2 Å². The Labute approximate surface area is 398 Å². The van der Waals surface area contributed by atoms with E-state index in [0.717, 1.165) is 0 Å². The van der Waals surface area contributed by atoms with E-state index in [1.54, 1.807) is 114 Å². The summed E-state index contributed by atoms with van der Waals surface area (Å²) < 4.78 is 32.2. The van der Waals surface area contributed by atoms with Crippen LogP contribution in [0.5, 0.6) is 0 Å². The van der Waals surface area contributed by atoms with Gasteiger partial charge in [-0.2, -0.15) is 0 Å². The lowest BCUT2D eigenvalue weighted by Crippen LogP contribution is -2.09. The molecule has 0 amide bonds. The molecule has 6 aliphatic carbocycles. The van der Waals surface area contributed by atoms with E-state index >= 15 is 0 Å². The fraction of sp³-hybridized carbons (Fsp3) is 0.222. The van der Waals surface area contributed by atoms with Gasteiger partial charge in [0.2, 0.25) is 0 Å². The molecular formula is C54H51N3O12. The third-order valence-electron chi connectivity index (χ3n) is 11.5. The monoisotopic (exact) mass is 933 g/mol. The minimum atomic E-state index is -0.697. The molecular weight excluding hydrogens is 883 g/mol. The molecule has 6 N–H and O–H groups in total. The highest BCUT2D eigenvalue weighted by atomic mass is 16.6.